The van der Waals surface area contributed by atoms with E-state index in [1.54, 1.807) is 33.3 Å². The van der Waals surface area contributed by atoms with Gasteiger partial charge in [0.2, 0.25) is 0 Å². The minimum atomic E-state index is -0.334. The first kappa shape index (κ1) is 22.9. The van der Waals surface area contributed by atoms with E-state index >= 15 is 0 Å². The van der Waals surface area contributed by atoms with Crippen LogP contribution >= 0.6 is 0 Å². The lowest BCUT2D eigenvalue weighted by atomic mass is 9.54. The third-order valence-corrected chi connectivity index (χ3v) is 6.41. The second-order valence-corrected chi connectivity index (χ2v) is 9.68. The molecule has 0 unspecified atom stereocenters. The first-order valence-corrected chi connectivity index (χ1v) is 10.5. The van der Waals surface area contributed by atoms with Crippen molar-refractivity contribution in [2.24, 2.45) is 5.41 Å². The van der Waals surface area contributed by atoms with Crippen LogP contribution in [0.3, 0.4) is 0 Å². The van der Waals surface area contributed by atoms with Gasteiger partial charge in [-0.25, -0.2) is 4.98 Å². The number of aryl methyl sites for hydroxylation is 2. The molecule has 31 heavy (non-hydrogen) atoms. The van der Waals surface area contributed by atoms with Gasteiger partial charge in [0.15, 0.2) is 0 Å². The quantitative estimate of drug-likeness (QED) is 0.766. The molecule has 0 spiro atoms. The summed E-state index contributed by atoms with van der Waals surface area (Å²) in [5.41, 5.74) is 3.10. The minimum Gasteiger partial charge on any atom is -0.425 e. The van der Waals surface area contributed by atoms with Crippen molar-refractivity contribution in [3.8, 4) is 0 Å². The Balaban J connectivity index is 1.77. The minimum absolute atomic E-state index is 0.0426. The number of pyridine rings is 2. The van der Waals surface area contributed by atoms with Crippen molar-refractivity contribution in [3.63, 3.8) is 0 Å². The van der Waals surface area contributed by atoms with E-state index in [2.05, 4.69) is 43.0 Å². The van der Waals surface area contributed by atoms with Crippen molar-refractivity contribution in [2.75, 3.05) is 19.4 Å². The second kappa shape index (κ2) is 8.07. The van der Waals surface area contributed by atoms with Crippen molar-refractivity contribution < 1.29 is 14.2 Å². The van der Waals surface area contributed by atoms with Crippen LogP contribution in [0.15, 0.2) is 24.5 Å². The number of carbonyl (C=O) groups is 2. The normalized spacial score (nSPS) is 16.8. The highest BCUT2D eigenvalue weighted by atomic mass is 16.5. The zero-order valence-corrected chi connectivity index (χ0v) is 19.7. The van der Waals surface area contributed by atoms with Crippen molar-refractivity contribution >= 4 is 30.0 Å². The summed E-state index contributed by atoms with van der Waals surface area (Å²) in [7, 11) is 3.37. The molecule has 1 fully saturated rings. The first-order valence-electron chi connectivity index (χ1n) is 10.5. The molecular formula is C23H31BN4O3. The number of nitrogens with one attached hydrogen (secondary N) is 1. The molecule has 3 heterocycles. The number of hydrogen-bond acceptors (Lipinski definition) is 5. The van der Waals surface area contributed by atoms with Crippen molar-refractivity contribution in [2.45, 2.75) is 53.5 Å². The molecule has 7 nitrogen and oxygen atoms in total. The molecule has 0 radical (unpaired) electrons. The van der Waals surface area contributed by atoms with Gasteiger partial charge in [-0.1, -0.05) is 19.9 Å². The number of aromatic nitrogens is 2. The predicted molar refractivity (Wildman–Crippen MR) is 123 cm³/mol. The van der Waals surface area contributed by atoms with Crippen molar-refractivity contribution in [1.29, 1.82) is 0 Å². The number of rotatable bonds is 4. The maximum absolute atomic E-state index is 12.8. The van der Waals surface area contributed by atoms with Gasteiger partial charge in [0.05, 0.1) is 11.2 Å². The highest BCUT2D eigenvalue weighted by molar-refractivity contribution is 6.68. The van der Waals surface area contributed by atoms with E-state index in [1.807, 2.05) is 13.0 Å². The van der Waals surface area contributed by atoms with Crippen LogP contribution in [0.1, 0.15) is 59.7 Å². The zero-order valence-electron chi connectivity index (χ0n) is 19.7. The topological polar surface area (TPSA) is 84.4 Å². The van der Waals surface area contributed by atoms with Crippen LogP contribution in [-0.4, -0.2) is 53.3 Å². The lowest BCUT2D eigenvalue weighted by molar-refractivity contribution is 0.0375. The molecule has 2 amide bonds. The number of carbonyl (C=O) groups excluding carboxylic acids is 2. The Bertz CT molecular complexity index is 1020. The summed E-state index contributed by atoms with van der Waals surface area (Å²) in [6.07, 6.45) is 4.09. The average Bonchev–Trinajstić information content (AvgIpc) is 2.89. The molecule has 1 aliphatic rings. The SMILES string of the molecule is Cc1cc(C(=O)N(C)C)cnc1NC(=O)c1ncc(B2CC(C)(C)C(C)(C)O2)cc1C. The standard InChI is InChI=1S/C23H31BN4O3/c1-14-10-17(24-13-22(3,4)23(5,6)31-24)12-25-18(14)20(29)27-19-15(2)9-16(11-26-19)21(30)28(7)8/h9-12H,13H2,1-8H3,(H,26,27,29). The summed E-state index contributed by atoms with van der Waals surface area (Å²) in [5, 5.41) is 2.81. The smallest absolute Gasteiger partial charge is 0.329 e. The third-order valence-electron chi connectivity index (χ3n) is 6.41. The van der Waals surface area contributed by atoms with Gasteiger partial charge in [-0.15, -0.1) is 0 Å². The number of nitrogens with zero attached hydrogens (tertiary/aromatic N) is 3. The van der Waals surface area contributed by atoms with E-state index in [-0.39, 0.29) is 29.7 Å². The Morgan fingerprint density at radius 1 is 1.06 bits per heavy atom. The molecule has 2 aromatic heterocycles. The van der Waals surface area contributed by atoms with Gasteiger partial charge in [-0.05, 0) is 62.1 Å². The largest absolute Gasteiger partial charge is 0.425 e. The predicted octanol–water partition coefficient (Wildman–Crippen LogP) is 3.08. The summed E-state index contributed by atoms with van der Waals surface area (Å²) in [6.45, 7) is 12.3. The maximum atomic E-state index is 12.8. The molecule has 1 saturated heterocycles. The maximum Gasteiger partial charge on any atom is 0.329 e. The highest BCUT2D eigenvalue weighted by Crippen LogP contribution is 2.45. The molecular weight excluding hydrogens is 391 g/mol. The van der Waals surface area contributed by atoms with E-state index in [1.165, 1.54) is 11.1 Å². The van der Waals surface area contributed by atoms with Gasteiger partial charge >= 0.3 is 6.92 Å². The summed E-state index contributed by atoms with van der Waals surface area (Å²) >= 11 is 0. The van der Waals surface area contributed by atoms with E-state index in [4.69, 9.17) is 4.65 Å². The van der Waals surface area contributed by atoms with E-state index in [0.29, 0.717) is 22.6 Å². The summed E-state index contributed by atoms with van der Waals surface area (Å²) < 4.78 is 6.28. The molecule has 1 N–H and O–H groups in total. The molecule has 164 valence electrons. The molecule has 2 aromatic rings. The monoisotopic (exact) mass is 422 g/mol. The highest BCUT2D eigenvalue weighted by Gasteiger charge is 2.49. The Labute approximate surface area is 184 Å². The lowest BCUT2D eigenvalue weighted by Gasteiger charge is -2.34. The number of amides is 2. The first-order chi connectivity index (χ1) is 14.3. The third kappa shape index (κ3) is 4.49. The van der Waals surface area contributed by atoms with Crippen LogP contribution in [0, 0.1) is 19.3 Å². The second-order valence-electron chi connectivity index (χ2n) is 9.68. The van der Waals surface area contributed by atoms with E-state index < -0.39 is 0 Å². The Kier molecular flexibility index (Phi) is 5.97. The molecule has 0 saturated carbocycles. The molecule has 0 aliphatic carbocycles. The molecule has 0 bridgehead atoms. The van der Waals surface area contributed by atoms with Gasteiger partial charge in [-0.3, -0.25) is 14.6 Å². The van der Waals surface area contributed by atoms with Crippen LogP contribution in [0.2, 0.25) is 6.32 Å². The Hall–Kier alpha value is -2.74. The molecule has 8 heteroatoms. The number of anilines is 1. The van der Waals surface area contributed by atoms with E-state index in [0.717, 1.165) is 17.3 Å². The summed E-state index contributed by atoms with van der Waals surface area (Å²) in [6, 6.07) is 3.69. The van der Waals surface area contributed by atoms with Gasteiger partial charge in [-0.2, -0.15) is 0 Å². The van der Waals surface area contributed by atoms with Gasteiger partial charge < -0.3 is 14.9 Å². The van der Waals surface area contributed by atoms with Crippen LogP contribution in [-0.2, 0) is 4.65 Å². The van der Waals surface area contributed by atoms with Crippen LogP contribution in [0.25, 0.3) is 0 Å². The van der Waals surface area contributed by atoms with Crippen molar-refractivity contribution in [1.82, 2.24) is 14.9 Å². The molecule has 3 rings (SSSR count). The van der Waals surface area contributed by atoms with E-state index in [9.17, 15) is 9.59 Å². The Morgan fingerprint density at radius 3 is 2.26 bits per heavy atom. The fraction of sp³-hybridized carbons (Fsp3) is 0.478. The van der Waals surface area contributed by atoms with Gasteiger partial charge in [0.25, 0.3) is 11.8 Å². The molecule has 1 aliphatic heterocycles. The zero-order chi connectivity index (χ0) is 23.1. The fourth-order valence-corrected chi connectivity index (χ4v) is 3.71. The van der Waals surface area contributed by atoms with Gasteiger partial charge in [0.1, 0.15) is 11.5 Å². The Morgan fingerprint density at radius 2 is 1.74 bits per heavy atom. The summed E-state index contributed by atoms with van der Waals surface area (Å²) in [4.78, 5) is 35.1. The fourth-order valence-electron chi connectivity index (χ4n) is 3.71. The van der Waals surface area contributed by atoms with Gasteiger partial charge in [0, 0.05) is 26.5 Å². The molecule has 0 atom stereocenters. The number of hydrogen-bond donors (Lipinski definition) is 1. The lowest BCUT2D eigenvalue weighted by Crippen LogP contribution is -2.36. The van der Waals surface area contributed by atoms with Crippen LogP contribution in [0.5, 0.6) is 0 Å². The average molecular weight is 422 g/mol. The summed E-state index contributed by atoms with van der Waals surface area (Å²) in [5.74, 6) is -0.0605. The van der Waals surface area contributed by atoms with Crippen LogP contribution in [0.4, 0.5) is 5.82 Å². The molecule has 0 aromatic carbocycles. The van der Waals surface area contributed by atoms with Crippen molar-refractivity contribution in [3.05, 3.63) is 46.9 Å². The van der Waals surface area contributed by atoms with Crippen LogP contribution < -0.4 is 10.8 Å².